The van der Waals surface area contributed by atoms with Crippen molar-refractivity contribution in [2.45, 2.75) is 63.2 Å². The smallest absolute Gasteiger partial charge is 0.223 e. The number of alkyl halides is 1. The first-order chi connectivity index (χ1) is 8.25. The summed E-state index contributed by atoms with van der Waals surface area (Å²) in [4.78, 5) is 12.0. The minimum Gasteiger partial charge on any atom is -0.356 e. The number of halogens is 1. The summed E-state index contributed by atoms with van der Waals surface area (Å²) in [6.45, 7) is 0.846. The highest BCUT2D eigenvalue weighted by Gasteiger charge is 2.24. The maximum Gasteiger partial charge on any atom is 0.223 e. The third-order valence-corrected chi connectivity index (χ3v) is 4.66. The number of nitrogens with one attached hydrogen (secondary N) is 1. The minimum atomic E-state index is 0.291. The van der Waals surface area contributed by atoms with Gasteiger partial charge < -0.3 is 5.32 Å². The van der Waals surface area contributed by atoms with Gasteiger partial charge in [0, 0.05) is 17.8 Å². The van der Waals surface area contributed by atoms with Crippen LogP contribution in [-0.4, -0.2) is 17.8 Å². The molecular weight excluding hydrogens is 234 g/mol. The standard InChI is InChI=1S/C14H24ClNO/c15-13-8-4-5-11(9-13)10-16-14(17)12-6-2-1-3-7-12/h11-13H,1-10H2,(H,16,17). The summed E-state index contributed by atoms with van der Waals surface area (Å²) in [5.74, 6) is 1.19. The Labute approximate surface area is 109 Å². The van der Waals surface area contributed by atoms with Gasteiger partial charge >= 0.3 is 0 Å². The van der Waals surface area contributed by atoms with Crippen molar-refractivity contribution in [1.29, 1.82) is 0 Å². The molecular formula is C14H24ClNO. The first-order valence-electron chi connectivity index (χ1n) is 7.17. The van der Waals surface area contributed by atoms with Crippen molar-refractivity contribution in [1.82, 2.24) is 5.32 Å². The molecule has 2 saturated carbocycles. The van der Waals surface area contributed by atoms with Gasteiger partial charge in [-0.3, -0.25) is 4.79 Å². The molecule has 3 heteroatoms. The molecule has 2 atom stereocenters. The van der Waals surface area contributed by atoms with Gasteiger partial charge in [-0.15, -0.1) is 11.6 Å². The monoisotopic (exact) mass is 257 g/mol. The molecule has 0 aromatic heterocycles. The van der Waals surface area contributed by atoms with Gasteiger partial charge in [-0.05, 0) is 38.0 Å². The van der Waals surface area contributed by atoms with Crippen LogP contribution >= 0.6 is 11.6 Å². The van der Waals surface area contributed by atoms with Crippen molar-refractivity contribution in [2.75, 3.05) is 6.54 Å². The Kier molecular flexibility index (Phi) is 5.15. The van der Waals surface area contributed by atoms with Crippen LogP contribution in [0.15, 0.2) is 0 Å². The molecule has 0 heterocycles. The Morgan fingerprint density at radius 1 is 1.06 bits per heavy atom. The first kappa shape index (κ1) is 13.2. The second-order valence-electron chi connectivity index (χ2n) is 5.71. The summed E-state index contributed by atoms with van der Waals surface area (Å²) < 4.78 is 0. The molecule has 2 aliphatic carbocycles. The number of hydrogen-bond donors (Lipinski definition) is 1. The van der Waals surface area contributed by atoms with E-state index in [1.54, 1.807) is 0 Å². The Morgan fingerprint density at radius 2 is 1.82 bits per heavy atom. The number of rotatable bonds is 3. The molecule has 0 aromatic rings. The van der Waals surface area contributed by atoms with Crippen LogP contribution in [0.3, 0.4) is 0 Å². The normalized spacial score (nSPS) is 31.1. The summed E-state index contributed by atoms with van der Waals surface area (Å²) in [6.07, 6.45) is 10.6. The average Bonchev–Trinajstić information content (AvgIpc) is 2.37. The highest BCUT2D eigenvalue weighted by molar-refractivity contribution is 6.20. The lowest BCUT2D eigenvalue weighted by atomic mass is 9.87. The summed E-state index contributed by atoms with van der Waals surface area (Å²) in [5, 5.41) is 3.48. The van der Waals surface area contributed by atoms with Crippen LogP contribution in [0.1, 0.15) is 57.8 Å². The van der Waals surface area contributed by atoms with Crippen LogP contribution in [0.4, 0.5) is 0 Å². The van der Waals surface area contributed by atoms with Gasteiger partial charge in [-0.25, -0.2) is 0 Å². The Hall–Kier alpha value is -0.240. The maximum absolute atomic E-state index is 12.0. The van der Waals surface area contributed by atoms with E-state index in [2.05, 4.69) is 5.32 Å². The van der Waals surface area contributed by atoms with Crippen LogP contribution < -0.4 is 5.32 Å². The summed E-state index contributed by atoms with van der Waals surface area (Å²) in [6, 6.07) is 0. The van der Waals surface area contributed by atoms with Gasteiger partial charge in [0.2, 0.25) is 5.91 Å². The molecule has 0 aromatic carbocycles. The van der Waals surface area contributed by atoms with Gasteiger partial charge in [0.05, 0.1) is 0 Å². The molecule has 0 aliphatic heterocycles. The highest BCUT2D eigenvalue weighted by Crippen LogP contribution is 2.28. The van der Waals surface area contributed by atoms with E-state index >= 15 is 0 Å². The van der Waals surface area contributed by atoms with Crippen LogP contribution in [0.5, 0.6) is 0 Å². The third-order valence-electron chi connectivity index (χ3n) is 4.26. The molecule has 2 fully saturated rings. The first-order valence-corrected chi connectivity index (χ1v) is 7.61. The predicted molar refractivity (Wildman–Crippen MR) is 71.2 cm³/mol. The molecule has 2 unspecified atom stereocenters. The molecule has 1 amide bonds. The number of carbonyl (C=O) groups excluding carboxylic acids is 1. The second kappa shape index (κ2) is 6.63. The Morgan fingerprint density at radius 3 is 2.53 bits per heavy atom. The number of hydrogen-bond acceptors (Lipinski definition) is 1. The van der Waals surface area contributed by atoms with Gasteiger partial charge in [-0.1, -0.05) is 25.7 Å². The van der Waals surface area contributed by atoms with E-state index in [4.69, 9.17) is 11.6 Å². The van der Waals surface area contributed by atoms with Gasteiger partial charge in [0.1, 0.15) is 0 Å². The largest absolute Gasteiger partial charge is 0.356 e. The van der Waals surface area contributed by atoms with Crippen LogP contribution in [0, 0.1) is 11.8 Å². The zero-order chi connectivity index (χ0) is 12.1. The quantitative estimate of drug-likeness (QED) is 0.771. The number of carbonyl (C=O) groups is 1. The lowest BCUT2D eigenvalue weighted by molar-refractivity contribution is -0.126. The molecule has 0 spiro atoms. The molecule has 17 heavy (non-hydrogen) atoms. The van der Waals surface area contributed by atoms with E-state index in [1.807, 2.05) is 0 Å². The van der Waals surface area contributed by atoms with Gasteiger partial charge in [0.25, 0.3) is 0 Å². The van der Waals surface area contributed by atoms with E-state index in [9.17, 15) is 4.79 Å². The van der Waals surface area contributed by atoms with Crippen LogP contribution in [0.2, 0.25) is 0 Å². The van der Waals surface area contributed by atoms with E-state index in [-0.39, 0.29) is 0 Å². The molecule has 0 saturated heterocycles. The van der Waals surface area contributed by atoms with E-state index < -0.39 is 0 Å². The van der Waals surface area contributed by atoms with Gasteiger partial charge in [0.15, 0.2) is 0 Å². The Balaban J connectivity index is 1.68. The topological polar surface area (TPSA) is 29.1 Å². The molecule has 0 radical (unpaired) electrons. The zero-order valence-corrected chi connectivity index (χ0v) is 11.3. The van der Waals surface area contributed by atoms with Crippen molar-refractivity contribution in [3.8, 4) is 0 Å². The fraction of sp³-hybridized carbons (Fsp3) is 0.929. The predicted octanol–water partition coefficient (Wildman–Crippen LogP) is 3.48. The summed E-state index contributed by atoms with van der Waals surface area (Å²) in [5.41, 5.74) is 0. The third kappa shape index (κ3) is 4.17. The lowest BCUT2D eigenvalue weighted by Crippen LogP contribution is -2.36. The fourth-order valence-electron chi connectivity index (χ4n) is 3.16. The van der Waals surface area contributed by atoms with Gasteiger partial charge in [-0.2, -0.15) is 0 Å². The average molecular weight is 258 g/mol. The zero-order valence-electron chi connectivity index (χ0n) is 10.6. The molecule has 1 N–H and O–H groups in total. The van der Waals surface area contributed by atoms with Crippen LogP contribution in [-0.2, 0) is 4.79 Å². The van der Waals surface area contributed by atoms with E-state index in [1.165, 1.54) is 32.1 Å². The molecule has 0 bridgehead atoms. The highest BCUT2D eigenvalue weighted by atomic mass is 35.5. The van der Waals surface area contributed by atoms with Crippen molar-refractivity contribution >= 4 is 17.5 Å². The van der Waals surface area contributed by atoms with E-state index in [0.29, 0.717) is 23.1 Å². The van der Waals surface area contributed by atoms with Crippen LogP contribution in [0.25, 0.3) is 0 Å². The number of amides is 1. The second-order valence-corrected chi connectivity index (χ2v) is 6.33. The molecule has 2 rings (SSSR count). The van der Waals surface area contributed by atoms with Crippen molar-refractivity contribution < 1.29 is 4.79 Å². The summed E-state index contributed by atoms with van der Waals surface area (Å²) in [7, 11) is 0. The summed E-state index contributed by atoms with van der Waals surface area (Å²) >= 11 is 6.16. The molecule has 2 nitrogen and oxygen atoms in total. The maximum atomic E-state index is 12.0. The molecule has 98 valence electrons. The van der Waals surface area contributed by atoms with E-state index in [0.717, 1.165) is 32.2 Å². The minimum absolute atomic E-state index is 0.291. The van der Waals surface area contributed by atoms with Crippen molar-refractivity contribution in [3.05, 3.63) is 0 Å². The molecule has 2 aliphatic rings. The lowest BCUT2D eigenvalue weighted by Gasteiger charge is -2.27. The SMILES string of the molecule is O=C(NCC1CCCC(Cl)C1)C1CCCCC1. The Bertz CT molecular complexity index is 251. The fourth-order valence-corrected chi connectivity index (χ4v) is 3.57. The van der Waals surface area contributed by atoms with Crippen molar-refractivity contribution in [3.63, 3.8) is 0 Å². The van der Waals surface area contributed by atoms with Crippen molar-refractivity contribution in [2.24, 2.45) is 11.8 Å².